The average Bonchev–Trinajstić information content (AvgIpc) is 2.65. The SMILES string of the molecule is O=C(N[C@H]1CC(=O)N(O)C1=O)OCc1ccccc1. The zero-order valence-corrected chi connectivity index (χ0v) is 9.91. The summed E-state index contributed by atoms with van der Waals surface area (Å²) in [5.41, 5.74) is 0.801. The quantitative estimate of drug-likeness (QED) is 0.609. The van der Waals surface area contributed by atoms with Crippen LogP contribution >= 0.6 is 0 Å². The second-order valence-corrected chi connectivity index (χ2v) is 4.01. The summed E-state index contributed by atoms with van der Waals surface area (Å²) in [5, 5.41) is 11.2. The first-order chi connectivity index (χ1) is 9.08. The van der Waals surface area contributed by atoms with E-state index < -0.39 is 23.9 Å². The molecule has 0 aliphatic carbocycles. The average molecular weight is 264 g/mol. The number of hydroxylamine groups is 2. The van der Waals surface area contributed by atoms with Crippen molar-refractivity contribution in [3.05, 3.63) is 35.9 Å². The largest absolute Gasteiger partial charge is 0.445 e. The third-order valence-electron chi connectivity index (χ3n) is 2.63. The molecule has 0 aromatic heterocycles. The van der Waals surface area contributed by atoms with E-state index in [1.54, 1.807) is 24.3 Å². The molecule has 1 aliphatic rings. The number of rotatable bonds is 3. The van der Waals surface area contributed by atoms with E-state index in [1.807, 2.05) is 6.07 Å². The molecule has 0 unspecified atom stereocenters. The Morgan fingerprint density at radius 3 is 2.63 bits per heavy atom. The highest BCUT2D eigenvalue weighted by Crippen LogP contribution is 2.10. The summed E-state index contributed by atoms with van der Waals surface area (Å²) < 4.78 is 4.90. The summed E-state index contributed by atoms with van der Waals surface area (Å²) in [6, 6.07) is 7.95. The Balaban J connectivity index is 1.82. The van der Waals surface area contributed by atoms with Crippen molar-refractivity contribution in [3.8, 4) is 0 Å². The normalized spacial score (nSPS) is 18.6. The summed E-state index contributed by atoms with van der Waals surface area (Å²) in [6.07, 6.45) is -1.08. The number of carbonyl (C=O) groups is 3. The maximum atomic E-state index is 11.4. The van der Waals surface area contributed by atoms with Crippen LogP contribution in [0, 0.1) is 0 Å². The Kier molecular flexibility index (Phi) is 3.76. The van der Waals surface area contributed by atoms with E-state index in [0.717, 1.165) is 5.56 Å². The maximum Gasteiger partial charge on any atom is 0.408 e. The van der Waals surface area contributed by atoms with Gasteiger partial charge in [-0.3, -0.25) is 14.8 Å². The third-order valence-corrected chi connectivity index (χ3v) is 2.63. The van der Waals surface area contributed by atoms with Gasteiger partial charge in [0.2, 0.25) is 0 Å². The fourth-order valence-electron chi connectivity index (χ4n) is 1.64. The Labute approximate surface area is 108 Å². The standard InChI is InChI=1S/C12H12N2O5/c15-10-6-9(11(16)14(10)18)13-12(17)19-7-8-4-2-1-3-5-8/h1-5,9,18H,6-7H2,(H,13,17)/t9-/m0/s1. The van der Waals surface area contributed by atoms with E-state index in [1.165, 1.54) is 0 Å². The lowest BCUT2D eigenvalue weighted by Crippen LogP contribution is -2.41. The number of amides is 3. The second-order valence-electron chi connectivity index (χ2n) is 4.01. The summed E-state index contributed by atoms with van der Waals surface area (Å²) in [5.74, 6) is -1.61. The van der Waals surface area contributed by atoms with E-state index in [9.17, 15) is 14.4 Å². The molecule has 1 aromatic carbocycles. The Morgan fingerprint density at radius 2 is 2.05 bits per heavy atom. The molecule has 7 nitrogen and oxygen atoms in total. The number of carbonyl (C=O) groups excluding carboxylic acids is 3. The smallest absolute Gasteiger partial charge is 0.408 e. The van der Waals surface area contributed by atoms with Crippen molar-refractivity contribution in [2.24, 2.45) is 0 Å². The van der Waals surface area contributed by atoms with E-state index >= 15 is 0 Å². The van der Waals surface area contributed by atoms with Crippen LogP contribution in [-0.2, 0) is 20.9 Å². The van der Waals surface area contributed by atoms with E-state index in [4.69, 9.17) is 9.94 Å². The molecule has 2 rings (SSSR count). The van der Waals surface area contributed by atoms with E-state index in [0.29, 0.717) is 0 Å². The van der Waals surface area contributed by atoms with Crippen LogP contribution in [0.5, 0.6) is 0 Å². The van der Waals surface area contributed by atoms with Gasteiger partial charge >= 0.3 is 6.09 Å². The van der Waals surface area contributed by atoms with Gasteiger partial charge in [0, 0.05) is 0 Å². The number of imide groups is 1. The van der Waals surface area contributed by atoms with Crippen LogP contribution in [0.4, 0.5) is 4.79 Å². The van der Waals surface area contributed by atoms with Crippen molar-refractivity contribution in [1.82, 2.24) is 10.4 Å². The number of benzene rings is 1. The molecule has 1 heterocycles. The van der Waals surface area contributed by atoms with E-state index in [2.05, 4.69) is 5.32 Å². The minimum absolute atomic E-state index is 0.00213. The first-order valence-electron chi connectivity index (χ1n) is 5.61. The zero-order valence-electron chi connectivity index (χ0n) is 9.91. The van der Waals surface area contributed by atoms with Crippen molar-refractivity contribution < 1.29 is 24.3 Å². The summed E-state index contributed by atoms with van der Waals surface area (Å²) in [6.45, 7) is 0.0599. The second kappa shape index (κ2) is 5.49. The molecule has 1 fully saturated rings. The predicted molar refractivity (Wildman–Crippen MR) is 61.8 cm³/mol. The fraction of sp³-hybridized carbons (Fsp3) is 0.250. The molecule has 3 amide bonds. The summed E-state index contributed by atoms with van der Waals surface area (Å²) >= 11 is 0. The molecule has 0 saturated carbocycles. The first-order valence-corrected chi connectivity index (χ1v) is 5.61. The minimum Gasteiger partial charge on any atom is -0.445 e. The number of nitrogens with one attached hydrogen (secondary N) is 1. The molecule has 0 radical (unpaired) electrons. The minimum atomic E-state index is -1.07. The lowest BCUT2D eigenvalue weighted by molar-refractivity contribution is -0.171. The van der Waals surface area contributed by atoms with Crippen LogP contribution in [0.2, 0.25) is 0 Å². The highest BCUT2D eigenvalue weighted by atomic mass is 16.6. The van der Waals surface area contributed by atoms with Crippen LogP contribution in [-0.4, -0.2) is 34.2 Å². The lowest BCUT2D eigenvalue weighted by Gasteiger charge is -2.10. The van der Waals surface area contributed by atoms with Crippen LogP contribution in [0.15, 0.2) is 30.3 Å². The summed E-state index contributed by atoms with van der Waals surface area (Å²) in [7, 11) is 0. The Morgan fingerprint density at radius 1 is 1.37 bits per heavy atom. The van der Waals surface area contributed by atoms with Crippen LogP contribution in [0.25, 0.3) is 0 Å². The van der Waals surface area contributed by atoms with Gasteiger partial charge in [0.15, 0.2) is 0 Å². The van der Waals surface area contributed by atoms with Crippen LogP contribution < -0.4 is 5.32 Å². The number of hydrogen-bond acceptors (Lipinski definition) is 5. The molecule has 1 saturated heterocycles. The Hall–Kier alpha value is -2.41. The molecule has 7 heteroatoms. The van der Waals surface area contributed by atoms with Gasteiger partial charge in [-0.15, -0.1) is 0 Å². The Bertz CT molecular complexity index is 502. The van der Waals surface area contributed by atoms with Gasteiger partial charge in [0.1, 0.15) is 12.6 Å². The molecule has 1 aliphatic heterocycles. The summed E-state index contributed by atoms with van der Waals surface area (Å²) in [4.78, 5) is 33.8. The maximum absolute atomic E-state index is 11.4. The molecule has 19 heavy (non-hydrogen) atoms. The predicted octanol–water partition coefficient (Wildman–Crippen LogP) is 0.429. The molecule has 1 aromatic rings. The van der Waals surface area contributed by atoms with Gasteiger partial charge < -0.3 is 10.1 Å². The number of alkyl carbamates (subject to hydrolysis) is 1. The van der Waals surface area contributed by atoms with E-state index in [-0.39, 0.29) is 18.1 Å². The van der Waals surface area contributed by atoms with Crippen molar-refractivity contribution >= 4 is 17.9 Å². The molecule has 100 valence electrons. The van der Waals surface area contributed by atoms with Crippen molar-refractivity contribution in [2.75, 3.05) is 0 Å². The van der Waals surface area contributed by atoms with Crippen molar-refractivity contribution in [3.63, 3.8) is 0 Å². The first kappa shape index (κ1) is 13.0. The number of nitrogens with zero attached hydrogens (tertiary/aromatic N) is 1. The number of hydrogen-bond donors (Lipinski definition) is 2. The monoisotopic (exact) mass is 264 g/mol. The highest BCUT2D eigenvalue weighted by molar-refractivity contribution is 6.05. The van der Waals surface area contributed by atoms with Gasteiger partial charge in [-0.25, -0.2) is 4.79 Å². The number of ether oxygens (including phenoxy) is 1. The molecule has 0 spiro atoms. The molecule has 0 bridgehead atoms. The lowest BCUT2D eigenvalue weighted by atomic mass is 10.2. The van der Waals surface area contributed by atoms with Gasteiger partial charge in [0.25, 0.3) is 11.8 Å². The van der Waals surface area contributed by atoms with Gasteiger partial charge in [0.05, 0.1) is 6.42 Å². The van der Waals surface area contributed by atoms with Crippen LogP contribution in [0.1, 0.15) is 12.0 Å². The van der Waals surface area contributed by atoms with Crippen molar-refractivity contribution in [2.45, 2.75) is 19.1 Å². The van der Waals surface area contributed by atoms with Crippen LogP contribution in [0.3, 0.4) is 0 Å². The molecular weight excluding hydrogens is 252 g/mol. The topological polar surface area (TPSA) is 95.9 Å². The fourth-order valence-corrected chi connectivity index (χ4v) is 1.64. The van der Waals surface area contributed by atoms with Gasteiger partial charge in [-0.05, 0) is 5.56 Å². The highest BCUT2D eigenvalue weighted by Gasteiger charge is 2.39. The zero-order chi connectivity index (χ0) is 13.8. The molecular formula is C12H12N2O5. The molecule has 2 N–H and O–H groups in total. The van der Waals surface area contributed by atoms with Crippen molar-refractivity contribution in [1.29, 1.82) is 0 Å². The molecule has 1 atom stereocenters. The van der Waals surface area contributed by atoms with Gasteiger partial charge in [-0.1, -0.05) is 30.3 Å². The third kappa shape index (κ3) is 3.08. The van der Waals surface area contributed by atoms with Gasteiger partial charge in [-0.2, -0.15) is 5.06 Å².